The summed E-state index contributed by atoms with van der Waals surface area (Å²) in [7, 11) is 1.69. The molecule has 124 valence electrons. The predicted molar refractivity (Wildman–Crippen MR) is 91.9 cm³/mol. The van der Waals surface area contributed by atoms with Gasteiger partial charge < -0.3 is 14.6 Å². The minimum atomic E-state index is -0.100. The average molecular weight is 324 g/mol. The summed E-state index contributed by atoms with van der Waals surface area (Å²) in [6.07, 6.45) is 3.88. The first-order valence-corrected chi connectivity index (χ1v) is 7.91. The van der Waals surface area contributed by atoms with E-state index in [-0.39, 0.29) is 5.91 Å². The van der Waals surface area contributed by atoms with Gasteiger partial charge in [-0.1, -0.05) is 12.1 Å². The fourth-order valence-corrected chi connectivity index (χ4v) is 2.64. The van der Waals surface area contributed by atoms with Crippen LogP contribution in [0.1, 0.15) is 16.2 Å². The van der Waals surface area contributed by atoms with Gasteiger partial charge in [0.15, 0.2) is 0 Å². The lowest BCUT2D eigenvalue weighted by atomic mass is 10.2. The quantitative estimate of drug-likeness (QED) is 0.722. The van der Waals surface area contributed by atoms with Crippen LogP contribution in [0, 0.1) is 0 Å². The number of para-hydroxylation sites is 2. The van der Waals surface area contributed by atoms with E-state index >= 15 is 0 Å². The largest absolute Gasteiger partial charge is 0.383 e. The lowest BCUT2D eigenvalue weighted by Gasteiger charge is -2.09. The van der Waals surface area contributed by atoms with Gasteiger partial charge in [0.05, 0.1) is 17.6 Å². The van der Waals surface area contributed by atoms with E-state index in [4.69, 9.17) is 4.74 Å². The average Bonchev–Trinajstić information content (AvgIpc) is 2.98. The van der Waals surface area contributed by atoms with Crippen LogP contribution in [-0.2, 0) is 17.7 Å². The van der Waals surface area contributed by atoms with Crippen molar-refractivity contribution < 1.29 is 9.53 Å². The molecule has 1 amide bonds. The molecule has 0 radical (unpaired) electrons. The van der Waals surface area contributed by atoms with Crippen molar-refractivity contribution in [3.63, 3.8) is 0 Å². The van der Waals surface area contributed by atoms with Crippen LogP contribution in [0.5, 0.6) is 0 Å². The third kappa shape index (κ3) is 3.60. The molecule has 0 saturated heterocycles. The summed E-state index contributed by atoms with van der Waals surface area (Å²) in [6.45, 7) is 1.89. The molecule has 6 heteroatoms. The molecule has 0 fully saturated rings. The predicted octanol–water partition coefficient (Wildman–Crippen LogP) is 2.05. The highest BCUT2D eigenvalue weighted by Gasteiger charge is 2.11. The van der Waals surface area contributed by atoms with Gasteiger partial charge in [0, 0.05) is 44.6 Å². The Labute approximate surface area is 140 Å². The van der Waals surface area contributed by atoms with Gasteiger partial charge in [-0.05, 0) is 24.3 Å². The number of nitrogens with zero attached hydrogens (tertiary/aromatic N) is 3. The lowest BCUT2D eigenvalue weighted by Crippen LogP contribution is -2.26. The number of carbonyl (C=O) groups is 1. The minimum Gasteiger partial charge on any atom is -0.383 e. The summed E-state index contributed by atoms with van der Waals surface area (Å²) in [6, 6.07) is 11.4. The van der Waals surface area contributed by atoms with Crippen molar-refractivity contribution in [1.29, 1.82) is 0 Å². The molecular weight excluding hydrogens is 304 g/mol. The standard InChI is InChI=1S/C18H20N4O2/c1-24-13-12-22-16-5-3-2-4-15(16)21-17(22)8-11-20-18(23)14-6-9-19-10-7-14/h2-7,9-10H,8,11-13H2,1H3,(H,20,23). The Hall–Kier alpha value is -2.73. The highest BCUT2D eigenvalue weighted by atomic mass is 16.5. The zero-order valence-corrected chi connectivity index (χ0v) is 13.6. The normalized spacial score (nSPS) is 10.9. The monoisotopic (exact) mass is 324 g/mol. The van der Waals surface area contributed by atoms with Gasteiger partial charge in [-0.25, -0.2) is 4.98 Å². The van der Waals surface area contributed by atoms with Crippen LogP contribution in [0.2, 0.25) is 0 Å². The van der Waals surface area contributed by atoms with Crippen LogP contribution in [0.15, 0.2) is 48.8 Å². The van der Waals surface area contributed by atoms with E-state index in [0.717, 1.165) is 23.4 Å². The van der Waals surface area contributed by atoms with Crippen molar-refractivity contribution >= 4 is 16.9 Å². The number of pyridine rings is 1. The van der Waals surface area contributed by atoms with Crippen molar-refractivity contribution in [1.82, 2.24) is 19.9 Å². The summed E-state index contributed by atoms with van der Waals surface area (Å²) in [5.41, 5.74) is 2.66. The number of carbonyl (C=O) groups excluding carboxylic acids is 1. The van der Waals surface area contributed by atoms with Gasteiger partial charge in [0.25, 0.3) is 5.91 Å². The summed E-state index contributed by atoms with van der Waals surface area (Å²) in [5, 5.41) is 2.92. The van der Waals surface area contributed by atoms with Gasteiger partial charge in [-0.15, -0.1) is 0 Å². The van der Waals surface area contributed by atoms with Crippen molar-refractivity contribution in [3.8, 4) is 0 Å². The second-order valence-electron chi connectivity index (χ2n) is 5.40. The third-order valence-corrected chi connectivity index (χ3v) is 3.83. The molecule has 3 rings (SSSR count). The molecule has 0 aliphatic heterocycles. The SMILES string of the molecule is COCCn1c(CCNC(=O)c2ccncc2)nc2ccccc21. The highest BCUT2D eigenvalue weighted by Crippen LogP contribution is 2.16. The minimum absolute atomic E-state index is 0.100. The molecule has 2 heterocycles. The number of methoxy groups -OCH3 is 1. The maximum Gasteiger partial charge on any atom is 0.251 e. The third-order valence-electron chi connectivity index (χ3n) is 3.83. The molecule has 1 aromatic carbocycles. The van der Waals surface area contributed by atoms with E-state index in [1.165, 1.54) is 0 Å². The summed E-state index contributed by atoms with van der Waals surface area (Å²) >= 11 is 0. The molecule has 3 aromatic rings. The molecule has 0 unspecified atom stereocenters. The maximum absolute atomic E-state index is 12.1. The first-order valence-electron chi connectivity index (χ1n) is 7.91. The Kier molecular flexibility index (Phi) is 5.18. The van der Waals surface area contributed by atoms with Crippen molar-refractivity contribution in [3.05, 3.63) is 60.2 Å². The van der Waals surface area contributed by atoms with Crippen LogP contribution in [0.4, 0.5) is 0 Å². The molecule has 6 nitrogen and oxygen atoms in total. The number of amides is 1. The molecule has 0 atom stereocenters. The number of hydrogen-bond donors (Lipinski definition) is 1. The molecule has 0 bridgehead atoms. The Morgan fingerprint density at radius 3 is 2.79 bits per heavy atom. The number of fused-ring (bicyclic) bond motifs is 1. The van der Waals surface area contributed by atoms with E-state index in [9.17, 15) is 4.79 Å². The molecule has 0 saturated carbocycles. The Morgan fingerprint density at radius 2 is 2.00 bits per heavy atom. The Morgan fingerprint density at radius 1 is 1.21 bits per heavy atom. The van der Waals surface area contributed by atoms with Gasteiger partial charge in [-0.3, -0.25) is 9.78 Å². The van der Waals surface area contributed by atoms with Gasteiger partial charge in [0.1, 0.15) is 5.82 Å². The number of ether oxygens (including phenoxy) is 1. The van der Waals surface area contributed by atoms with E-state index in [2.05, 4.69) is 25.9 Å². The summed E-state index contributed by atoms with van der Waals surface area (Å²) < 4.78 is 7.35. The second-order valence-corrected chi connectivity index (χ2v) is 5.40. The van der Waals surface area contributed by atoms with Crippen LogP contribution in [0.3, 0.4) is 0 Å². The summed E-state index contributed by atoms with van der Waals surface area (Å²) in [4.78, 5) is 20.7. The maximum atomic E-state index is 12.1. The topological polar surface area (TPSA) is 69.0 Å². The van der Waals surface area contributed by atoms with Crippen molar-refractivity contribution in [2.75, 3.05) is 20.3 Å². The van der Waals surface area contributed by atoms with Crippen LogP contribution in [0.25, 0.3) is 11.0 Å². The second kappa shape index (κ2) is 7.70. The van der Waals surface area contributed by atoms with Gasteiger partial charge in [-0.2, -0.15) is 0 Å². The van der Waals surface area contributed by atoms with E-state index in [0.29, 0.717) is 25.1 Å². The molecular formula is C18H20N4O2. The first-order chi connectivity index (χ1) is 11.8. The Balaban J connectivity index is 1.69. The molecule has 0 aliphatic carbocycles. The van der Waals surface area contributed by atoms with Crippen molar-refractivity contribution in [2.24, 2.45) is 0 Å². The Bertz CT molecular complexity index is 814. The molecule has 1 N–H and O–H groups in total. The number of imidazole rings is 1. The number of nitrogens with one attached hydrogen (secondary N) is 1. The number of hydrogen-bond acceptors (Lipinski definition) is 4. The number of benzene rings is 1. The zero-order valence-electron chi connectivity index (χ0n) is 13.6. The molecule has 24 heavy (non-hydrogen) atoms. The van der Waals surface area contributed by atoms with E-state index < -0.39 is 0 Å². The van der Waals surface area contributed by atoms with E-state index in [1.54, 1.807) is 31.6 Å². The molecule has 0 spiro atoms. The van der Waals surface area contributed by atoms with Crippen LogP contribution < -0.4 is 5.32 Å². The summed E-state index contributed by atoms with van der Waals surface area (Å²) in [5.74, 6) is 0.847. The fraction of sp³-hybridized carbons (Fsp3) is 0.278. The first kappa shape index (κ1) is 16.1. The lowest BCUT2D eigenvalue weighted by molar-refractivity contribution is 0.0953. The van der Waals surface area contributed by atoms with Crippen LogP contribution >= 0.6 is 0 Å². The van der Waals surface area contributed by atoms with Crippen LogP contribution in [-0.4, -0.2) is 40.7 Å². The number of rotatable bonds is 7. The fourth-order valence-electron chi connectivity index (χ4n) is 2.64. The highest BCUT2D eigenvalue weighted by molar-refractivity contribution is 5.93. The molecule has 0 aliphatic rings. The smallest absolute Gasteiger partial charge is 0.251 e. The number of aromatic nitrogens is 3. The molecule has 2 aromatic heterocycles. The zero-order chi connectivity index (χ0) is 16.8. The van der Waals surface area contributed by atoms with Gasteiger partial charge in [0.2, 0.25) is 0 Å². The van der Waals surface area contributed by atoms with Crippen molar-refractivity contribution in [2.45, 2.75) is 13.0 Å². The van der Waals surface area contributed by atoms with E-state index in [1.807, 2.05) is 18.2 Å². The van der Waals surface area contributed by atoms with Gasteiger partial charge >= 0.3 is 0 Å².